The molecule has 0 aromatic heterocycles. The van der Waals surface area contributed by atoms with E-state index < -0.39 is 0 Å². The molecule has 0 radical (unpaired) electrons. The zero-order valence-electron chi connectivity index (χ0n) is 11.1. The van der Waals surface area contributed by atoms with Crippen molar-refractivity contribution < 1.29 is 28.5 Å². The van der Waals surface area contributed by atoms with Crippen LogP contribution < -0.4 is 0 Å². The molecule has 0 N–H and O–H groups in total. The van der Waals surface area contributed by atoms with Gasteiger partial charge in [-0.25, -0.2) is 0 Å². The molecule has 0 aromatic rings. The zero-order valence-corrected chi connectivity index (χ0v) is 11.1. The third kappa shape index (κ3) is 11.3. The summed E-state index contributed by atoms with van der Waals surface area (Å²) in [7, 11) is 0. The molecule has 0 bridgehead atoms. The van der Waals surface area contributed by atoms with Crippen LogP contribution in [0.2, 0.25) is 0 Å². The maximum atomic E-state index is 10.9. The first kappa shape index (κ1) is 16.9. The molecule has 0 aromatic carbocycles. The van der Waals surface area contributed by atoms with Crippen molar-refractivity contribution in [2.45, 2.75) is 26.7 Å². The standard InChI is InChI=1S/C12H22O6/c1-3-17-11(13)5-7-15-9-10-16-8-6-12(14)18-4-2/h3-10H2,1-2H3. The van der Waals surface area contributed by atoms with Gasteiger partial charge in [0, 0.05) is 0 Å². The highest BCUT2D eigenvalue weighted by Crippen LogP contribution is 1.90. The third-order valence-corrected chi connectivity index (χ3v) is 1.88. The van der Waals surface area contributed by atoms with Crippen molar-refractivity contribution in [2.75, 3.05) is 39.6 Å². The number of esters is 2. The maximum absolute atomic E-state index is 10.9. The summed E-state index contributed by atoms with van der Waals surface area (Å²) >= 11 is 0. The predicted octanol–water partition coefficient (Wildman–Crippen LogP) is 0.926. The summed E-state index contributed by atoms with van der Waals surface area (Å²) in [4.78, 5) is 21.9. The lowest BCUT2D eigenvalue weighted by atomic mass is 10.4. The molecule has 0 fully saturated rings. The van der Waals surface area contributed by atoms with Gasteiger partial charge in [-0.05, 0) is 13.8 Å². The van der Waals surface area contributed by atoms with Crippen molar-refractivity contribution in [3.05, 3.63) is 0 Å². The molecular formula is C12H22O6. The van der Waals surface area contributed by atoms with E-state index in [1.54, 1.807) is 13.8 Å². The highest BCUT2D eigenvalue weighted by atomic mass is 16.5. The van der Waals surface area contributed by atoms with Gasteiger partial charge < -0.3 is 18.9 Å². The fourth-order valence-corrected chi connectivity index (χ4v) is 1.10. The molecule has 0 amide bonds. The molecule has 106 valence electrons. The van der Waals surface area contributed by atoms with Gasteiger partial charge in [0.05, 0.1) is 52.5 Å². The van der Waals surface area contributed by atoms with E-state index in [2.05, 4.69) is 0 Å². The average Bonchev–Trinajstić information content (AvgIpc) is 2.33. The van der Waals surface area contributed by atoms with Crippen LogP contribution in [-0.4, -0.2) is 51.6 Å². The smallest absolute Gasteiger partial charge is 0.308 e. The minimum absolute atomic E-state index is 0.247. The lowest BCUT2D eigenvalue weighted by Gasteiger charge is -2.05. The Hall–Kier alpha value is -1.14. The molecule has 0 saturated heterocycles. The van der Waals surface area contributed by atoms with E-state index in [9.17, 15) is 9.59 Å². The Morgan fingerprint density at radius 3 is 1.44 bits per heavy atom. The highest BCUT2D eigenvalue weighted by molar-refractivity contribution is 5.69. The first-order valence-corrected chi connectivity index (χ1v) is 6.17. The topological polar surface area (TPSA) is 71.1 Å². The van der Waals surface area contributed by atoms with Gasteiger partial charge in [-0.15, -0.1) is 0 Å². The Balaban J connectivity index is 3.16. The van der Waals surface area contributed by atoms with E-state index >= 15 is 0 Å². The molecule has 18 heavy (non-hydrogen) atoms. The zero-order chi connectivity index (χ0) is 13.6. The summed E-state index contributed by atoms with van der Waals surface area (Å²) in [6.45, 7) is 5.71. The Morgan fingerprint density at radius 2 is 1.11 bits per heavy atom. The van der Waals surface area contributed by atoms with Crippen molar-refractivity contribution in [3.8, 4) is 0 Å². The van der Waals surface area contributed by atoms with Crippen LogP contribution in [0.1, 0.15) is 26.7 Å². The van der Waals surface area contributed by atoms with Gasteiger partial charge in [0.1, 0.15) is 0 Å². The molecule has 0 aliphatic heterocycles. The lowest BCUT2D eigenvalue weighted by molar-refractivity contribution is -0.146. The van der Waals surface area contributed by atoms with Crippen LogP contribution in [0, 0.1) is 0 Å². The minimum Gasteiger partial charge on any atom is -0.466 e. The molecule has 0 aliphatic rings. The summed E-state index contributed by atoms with van der Waals surface area (Å²) < 4.78 is 19.8. The Labute approximate surface area is 108 Å². The molecule has 6 nitrogen and oxygen atoms in total. The molecule has 0 unspecified atom stereocenters. The van der Waals surface area contributed by atoms with Crippen molar-refractivity contribution in [3.63, 3.8) is 0 Å². The second-order valence-electron chi connectivity index (χ2n) is 3.33. The summed E-state index contributed by atoms with van der Waals surface area (Å²) in [6, 6.07) is 0. The van der Waals surface area contributed by atoms with Crippen molar-refractivity contribution in [2.24, 2.45) is 0 Å². The second kappa shape index (κ2) is 12.3. The van der Waals surface area contributed by atoms with Crippen molar-refractivity contribution >= 4 is 11.9 Å². The normalized spacial score (nSPS) is 10.1. The van der Waals surface area contributed by atoms with Crippen LogP contribution in [0.4, 0.5) is 0 Å². The first-order valence-electron chi connectivity index (χ1n) is 6.17. The van der Waals surface area contributed by atoms with Crippen molar-refractivity contribution in [1.82, 2.24) is 0 Å². The Kier molecular flexibility index (Phi) is 11.5. The Bertz CT molecular complexity index is 205. The molecule has 0 aliphatic carbocycles. The van der Waals surface area contributed by atoms with E-state index in [0.717, 1.165) is 0 Å². The lowest BCUT2D eigenvalue weighted by Crippen LogP contribution is -2.12. The molecule has 0 rings (SSSR count). The van der Waals surface area contributed by atoms with E-state index in [1.807, 2.05) is 0 Å². The highest BCUT2D eigenvalue weighted by Gasteiger charge is 2.02. The monoisotopic (exact) mass is 262 g/mol. The first-order chi connectivity index (χ1) is 8.70. The van der Waals surface area contributed by atoms with Gasteiger partial charge in [0.15, 0.2) is 0 Å². The maximum Gasteiger partial charge on any atom is 0.308 e. The quantitative estimate of drug-likeness (QED) is 0.407. The van der Waals surface area contributed by atoms with Gasteiger partial charge in [-0.3, -0.25) is 9.59 Å². The number of ether oxygens (including phenoxy) is 4. The molecule has 0 saturated carbocycles. The van der Waals surface area contributed by atoms with Crippen LogP contribution in [0.5, 0.6) is 0 Å². The van der Waals surface area contributed by atoms with Gasteiger partial charge in [-0.1, -0.05) is 0 Å². The fraction of sp³-hybridized carbons (Fsp3) is 0.833. The van der Waals surface area contributed by atoms with Gasteiger partial charge in [0.2, 0.25) is 0 Å². The summed E-state index contributed by atoms with van der Waals surface area (Å²) in [5.74, 6) is -0.526. The van der Waals surface area contributed by atoms with Crippen LogP contribution in [0.3, 0.4) is 0 Å². The summed E-state index contributed by atoms with van der Waals surface area (Å²) in [5.41, 5.74) is 0. The van der Waals surface area contributed by atoms with Crippen LogP contribution in [0.15, 0.2) is 0 Å². The average molecular weight is 262 g/mol. The van der Waals surface area contributed by atoms with E-state index in [4.69, 9.17) is 18.9 Å². The van der Waals surface area contributed by atoms with Crippen LogP contribution in [-0.2, 0) is 28.5 Å². The number of carbonyl (C=O) groups excluding carboxylic acids is 2. The molecule has 0 atom stereocenters. The molecular weight excluding hydrogens is 240 g/mol. The third-order valence-electron chi connectivity index (χ3n) is 1.88. The summed E-state index contributed by atoms with van der Waals surface area (Å²) in [6.07, 6.45) is 0.493. The van der Waals surface area contributed by atoms with Crippen LogP contribution >= 0.6 is 0 Å². The second-order valence-corrected chi connectivity index (χ2v) is 3.33. The number of rotatable bonds is 11. The number of hydrogen-bond donors (Lipinski definition) is 0. The summed E-state index contributed by atoms with van der Waals surface area (Å²) in [5, 5.41) is 0. The minimum atomic E-state index is -0.263. The van der Waals surface area contributed by atoms with Gasteiger partial charge in [0.25, 0.3) is 0 Å². The van der Waals surface area contributed by atoms with Gasteiger partial charge >= 0.3 is 11.9 Å². The molecule has 0 spiro atoms. The van der Waals surface area contributed by atoms with Gasteiger partial charge in [-0.2, -0.15) is 0 Å². The van der Waals surface area contributed by atoms with E-state index in [-0.39, 0.29) is 24.8 Å². The number of carbonyl (C=O) groups is 2. The Morgan fingerprint density at radius 1 is 0.722 bits per heavy atom. The van der Waals surface area contributed by atoms with Crippen molar-refractivity contribution in [1.29, 1.82) is 0 Å². The largest absolute Gasteiger partial charge is 0.466 e. The number of hydrogen-bond acceptors (Lipinski definition) is 6. The van der Waals surface area contributed by atoms with E-state index in [1.165, 1.54) is 0 Å². The molecule has 6 heteroatoms. The predicted molar refractivity (Wildman–Crippen MR) is 64.1 cm³/mol. The van der Waals surface area contributed by atoms with Crippen LogP contribution in [0.25, 0.3) is 0 Å². The molecule has 0 heterocycles. The fourth-order valence-electron chi connectivity index (χ4n) is 1.10. The van der Waals surface area contributed by atoms with E-state index in [0.29, 0.717) is 39.6 Å². The SMILES string of the molecule is CCOC(=O)CCOCCOCCC(=O)OCC.